The predicted molar refractivity (Wildman–Crippen MR) is 63.6 cm³/mol. The van der Waals surface area contributed by atoms with E-state index >= 15 is 0 Å². The van der Waals surface area contributed by atoms with Gasteiger partial charge < -0.3 is 5.11 Å². The van der Waals surface area contributed by atoms with E-state index < -0.39 is 0 Å². The fourth-order valence-electron chi connectivity index (χ4n) is 1.74. The maximum Gasteiger partial charge on any atom is 0.123 e. The summed E-state index contributed by atoms with van der Waals surface area (Å²) in [5.41, 5.74) is 1.17. The van der Waals surface area contributed by atoms with Crippen molar-refractivity contribution < 1.29 is 5.11 Å². The molecule has 0 aliphatic heterocycles. The Bertz CT molecular complexity index is 460. The van der Waals surface area contributed by atoms with Crippen molar-refractivity contribution in [3.8, 4) is 5.75 Å². The first-order valence-corrected chi connectivity index (χ1v) is 5.16. The van der Waals surface area contributed by atoms with Crippen molar-refractivity contribution >= 4 is 10.8 Å². The average Bonchev–Trinajstić information content (AvgIpc) is 2.29. The van der Waals surface area contributed by atoms with Gasteiger partial charge in [-0.2, -0.15) is 0 Å². The van der Waals surface area contributed by atoms with Gasteiger partial charge in [-0.1, -0.05) is 43.7 Å². The van der Waals surface area contributed by atoms with Crippen LogP contribution in [0, 0.1) is 13.3 Å². The molecule has 0 atom stereocenters. The first kappa shape index (κ1) is 10.0. The molecule has 1 nitrogen and oxygen atoms in total. The molecule has 1 N–H and O–H groups in total. The summed E-state index contributed by atoms with van der Waals surface area (Å²) >= 11 is 0. The molecule has 1 heteroatoms. The van der Waals surface area contributed by atoms with E-state index in [1.54, 1.807) is 6.07 Å². The number of unbranched alkanes of at least 4 members (excludes halogenated alkanes) is 1. The third-order valence-corrected chi connectivity index (χ3v) is 2.50. The topological polar surface area (TPSA) is 20.2 Å². The Labute approximate surface area is 90.4 Å². The lowest BCUT2D eigenvalue weighted by Gasteiger charge is -2.06. The molecule has 2 rings (SSSR count). The van der Waals surface area contributed by atoms with Crippen LogP contribution in [-0.4, -0.2) is 5.11 Å². The van der Waals surface area contributed by atoms with Gasteiger partial charge in [0.15, 0.2) is 0 Å². The maximum atomic E-state index is 9.69. The van der Waals surface area contributed by atoms with E-state index in [0.717, 1.165) is 23.6 Å². The van der Waals surface area contributed by atoms with Crippen LogP contribution in [0.1, 0.15) is 18.4 Å². The summed E-state index contributed by atoms with van der Waals surface area (Å²) in [7, 11) is 0. The molecule has 0 fully saturated rings. The largest absolute Gasteiger partial charge is 0.507 e. The Balaban J connectivity index is 2.51. The van der Waals surface area contributed by atoms with Crippen LogP contribution in [0.15, 0.2) is 36.4 Å². The lowest BCUT2D eigenvalue weighted by Crippen LogP contribution is -1.85. The minimum Gasteiger partial charge on any atom is -0.507 e. The van der Waals surface area contributed by atoms with Gasteiger partial charge in [0, 0.05) is 5.39 Å². The fourth-order valence-corrected chi connectivity index (χ4v) is 1.74. The molecule has 2 aromatic rings. The SMILES string of the molecule is [CH2]CC[CH]c1ccc(O)c2ccccc12. The number of hydrogen-bond acceptors (Lipinski definition) is 1. The van der Waals surface area contributed by atoms with Crippen molar-refractivity contribution in [2.24, 2.45) is 0 Å². The van der Waals surface area contributed by atoms with Crippen LogP contribution in [-0.2, 0) is 0 Å². The zero-order chi connectivity index (χ0) is 10.7. The summed E-state index contributed by atoms with van der Waals surface area (Å²) < 4.78 is 0. The molecule has 0 heterocycles. The zero-order valence-corrected chi connectivity index (χ0v) is 8.61. The minimum atomic E-state index is 0.345. The number of phenols is 1. The lowest BCUT2D eigenvalue weighted by atomic mass is 10.00. The summed E-state index contributed by atoms with van der Waals surface area (Å²) in [6, 6.07) is 11.6. The Morgan fingerprint density at radius 3 is 2.53 bits per heavy atom. The molecule has 2 aromatic carbocycles. The summed E-state index contributed by atoms with van der Waals surface area (Å²) in [4.78, 5) is 0. The monoisotopic (exact) mass is 198 g/mol. The fraction of sp³-hybridized carbons (Fsp3) is 0.143. The van der Waals surface area contributed by atoms with E-state index in [1.807, 2.05) is 30.3 Å². The molecule has 0 amide bonds. The molecule has 0 saturated carbocycles. The first-order chi connectivity index (χ1) is 7.33. The van der Waals surface area contributed by atoms with Gasteiger partial charge in [0.05, 0.1) is 0 Å². The van der Waals surface area contributed by atoms with Gasteiger partial charge in [-0.25, -0.2) is 0 Å². The van der Waals surface area contributed by atoms with E-state index in [-0.39, 0.29) is 0 Å². The van der Waals surface area contributed by atoms with Crippen molar-refractivity contribution in [3.63, 3.8) is 0 Å². The van der Waals surface area contributed by atoms with Crippen molar-refractivity contribution in [3.05, 3.63) is 55.3 Å². The molecule has 76 valence electrons. The summed E-state index contributed by atoms with van der Waals surface area (Å²) in [6.45, 7) is 3.82. The number of benzene rings is 2. The second kappa shape index (κ2) is 4.35. The molecule has 0 aromatic heterocycles. The van der Waals surface area contributed by atoms with Gasteiger partial charge in [0.1, 0.15) is 5.75 Å². The van der Waals surface area contributed by atoms with E-state index in [9.17, 15) is 5.11 Å². The highest BCUT2D eigenvalue weighted by Gasteiger charge is 2.03. The lowest BCUT2D eigenvalue weighted by molar-refractivity contribution is 0.481. The van der Waals surface area contributed by atoms with Crippen LogP contribution >= 0.6 is 0 Å². The van der Waals surface area contributed by atoms with Crippen molar-refractivity contribution in [2.45, 2.75) is 12.8 Å². The van der Waals surface area contributed by atoms with Gasteiger partial charge in [0.2, 0.25) is 0 Å². The van der Waals surface area contributed by atoms with Gasteiger partial charge in [-0.15, -0.1) is 0 Å². The van der Waals surface area contributed by atoms with Crippen LogP contribution in [0.4, 0.5) is 0 Å². The van der Waals surface area contributed by atoms with Gasteiger partial charge in [0.25, 0.3) is 0 Å². The summed E-state index contributed by atoms with van der Waals surface area (Å²) in [5, 5.41) is 11.7. The Hall–Kier alpha value is -1.50. The van der Waals surface area contributed by atoms with Crippen molar-refractivity contribution in [2.75, 3.05) is 0 Å². The molecule has 0 saturated heterocycles. The third-order valence-electron chi connectivity index (χ3n) is 2.50. The molecule has 0 spiro atoms. The molecular weight excluding hydrogens is 184 g/mol. The molecular formula is C14H14O. The standard InChI is InChI=1S/C14H14O/c1-2-3-6-11-9-10-14(15)13-8-5-4-7-12(11)13/h4-10,15H,1-3H2. The van der Waals surface area contributed by atoms with E-state index in [4.69, 9.17) is 0 Å². The third kappa shape index (κ3) is 1.96. The van der Waals surface area contributed by atoms with Crippen molar-refractivity contribution in [1.82, 2.24) is 0 Å². The Morgan fingerprint density at radius 2 is 1.80 bits per heavy atom. The number of aromatic hydroxyl groups is 1. The summed E-state index contributed by atoms with van der Waals surface area (Å²) in [6.07, 6.45) is 4.03. The maximum absolute atomic E-state index is 9.69. The quantitative estimate of drug-likeness (QED) is 0.797. The number of rotatable bonds is 3. The van der Waals surface area contributed by atoms with Crippen LogP contribution in [0.5, 0.6) is 5.75 Å². The highest BCUT2D eigenvalue weighted by atomic mass is 16.3. The van der Waals surface area contributed by atoms with Gasteiger partial charge in [-0.3, -0.25) is 0 Å². The second-order valence-electron chi connectivity index (χ2n) is 3.57. The number of hydrogen-bond donors (Lipinski definition) is 1. The molecule has 0 unspecified atom stereocenters. The highest BCUT2D eigenvalue weighted by Crippen LogP contribution is 2.28. The van der Waals surface area contributed by atoms with Crippen LogP contribution < -0.4 is 0 Å². The van der Waals surface area contributed by atoms with Gasteiger partial charge in [-0.05, 0) is 29.9 Å². The second-order valence-corrected chi connectivity index (χ2v) is 3.57. The van der Waals surface area contributed by atoms with E-state index in [1.165, 1.54) is 5.56 Å². The number of fused-ring (bicyclic) bond motifs is 1. The van der Waals surface area contributed by atoms with E-state index in [0.29, 0.717) is 5.75 Å². The van der Waals surface area contributed by atoms with Crippen LogP contribution in [0.25, 0.3) is 10.8 Å². The normalized spacial score (nSPS) is 10.7. The average molecular weight is 198 g/mol. The predicted octanol–water partition coefficient (Wildman–Crippen LogP) is 3.71. The van der Waals surface area contributed by atoms with Crippen molar-refractivity contribution in [1.29, 1.82) is 0 Å². The van der Waals surface area contributed by atoms with Gasteiger partial charge >= 0.3 is 0 Å². The Kier molecular flexibility index (Phi) is 2.91. The highest BCUT2D eigenvalue weighted by molar-refractivity contribution is 5.91. The molecule has 15 heavy (non-hydrogen) atoms. The molecule has 0 aliphatic carbocycles. The van der Waals surface area contributed by atoms with Crippen LogP contribution in [0.2, 0.25) is 0 Å². The smallest absolute Gasteiger partial charge is 0.123 e. The summed E-state index contributed by atoms with van der Waals surface area (Å²) in [5.74, 6) is 0.345. The van der Waals surface area contributed by atoms with Crippen LogP contribution in [0.3, 0.4) is 0 Å². The first-order valence-electron chi connectivity index (χ1n) is 5.16. The number of phenolic OH excluding ortho intramolecular Hbond substituents is 1. The molecule has 2 radical (unpaired) electrons. The van der Waals surface area contributed by atoms with E-state index in [2.05, 4.69) is 13.3 Å². The zero-order valence-electron chi connectivity index (χ0n) is 8.61. The molecule has 0 aliphatic rings. The minimum absolute atomic E-state index is 0.345. The Morgan fingerprint density at radius 1 is 1.07 bits per heavy atom. The molecule has 0 bridgehead atoms.